The minimum Gasteiger partial charge on any atom is -0.293 e. The first kappa shape index (κ1) is 20.8. The molecule has 0 saturated heterocycles. The van der Waals surface area contributed by atoms with E-state index < -0.39 is 20.0 Å². The molecular weight excluding hydrogens is 400 g/mol. The van der Waals surface area contributed by atoms with Crippen molar-refractivity contribution in [3.8, 4) is 0 Å². The van der Waals surface area contributed by atoms with Crippen LogP contribution in [0.5, 0.6) is 0 Å². The van der Waals surface area contributed by atoms with Crippen LogP contribution in [-0.4, -0.2) is 59.3 Å². The fraction of sp³-hybridized carbons (Fsp3) is 0.500. The third-order valence-electron chi connectivity index (χ3n) is 4.79. The van der Waals surface area contributed by atoms with Crippen molar-refractivity contribution in [1.82, 2.24) is 17.8 Å². The van der Waals surface area contributed by atoms with Gasteiger partial charge in [-0.3, -0.25) is 4.90 Å². The van der Waals surface area contributed by atoms with Gasteiger partial charge in [0.2, 0.25) is 20.0 Å². The van der Waals surface area contributed by atoms with Crippen LogP contribution < -0.4 is 0 Å². The van der Waals surface area contributed by atoms with Gasteiger partial charge in [0.25, 0.3) is 0 Å². The van der Waals surface area contributed by atoms with Crippen LogP contribution in [0.4, 0.5) is 0 Å². The maximum absolute atomic E-state index is 12.6. The summed E-state index contributed by atoms with van der Waals surface area (Å²) in [6, 6.07) is 5.42. The molecule has 0 aromatic carbocycles. The molecule has 10 heteroatoms. The molecule has 3 aromatic heterocycles. The van der Waals surface area contributed by atoms with Crippen LogP contribution in [0.3, 0.4) is 0 Å². The van der Waals surface area contributed by atoms with E-state index in [-0.39, 0.29) is 12.1 Å². The number of aromatic nitrogens is 3. The quantitative estimate of drug-likeness (QED) is 0.600. The van der Waals surface area contributed by atoms with Gasteiger partial charge in [0.1, 0.15) is 0 Å². The summed E-state index contributed by atoms with van der Waals surface area (Å²) in [5, 5.41) is 0. The fourth-order valence-corrected chi connectivity index (χ4v) is 5.44. The van der Waals surface area contributed by atoms with Crippen molar-refractivity contribution < 1.29 is 16.8 Å². The minimum absolute atomic E-state index is 0.229. The minimum atomic E-state index is -3.62. The molecule has 0 bridgehead atoms. The zero-order valence-electron chi connectivity index (χ0n) is 16.9. The molecule has 3 aromatic rings. The lowest BCUT2D eigenvalue weighted by atomic mass is 10.2. The predicted octanol–water partition coefficient (Wildman–Crippen LogP) is 2.23. The lowest BCUT2D eigenvalue weighted by Gasteiger charge is -2.30. The maximum Gasteiger partial charge on any atom is 0.236 e. The van der Waals surface area contributed by atoms with Crippen molar-refractivity contribution in [3.05, 3.63) is 30.1 Å². The Morgan fingerprint density at radius 3 is 2.04 bits per heavy atom. The van der Waals surface area contributed by atoms with E-state index in [0.29, 0.717) is 34.3 Å². The van der Waals surface area contributed by atoms with Crippen LogP contribution in [0, 0.1) is 0 Å². The number of nitrogens with zero attached hydrogens (tertiary/aromatic N) is 4. The molecule has 0 N–H and O–H groups in total. The van der Waals surface area contributed by atoms with Crippen molar-refractivity contribution in [2.24, 2.45) is 0 Å². The summed E-state index contributed by atoms with van der Waals surface area (Å²) in [7, 11) is -7.15. The second-order valence-electron chi connectivity index (χ2n) is 7.69. The highest BCUT2D eigenvalue weighted by Crippen LogP contribution is 2.27. The molecule has 0 atom stereocenters. The molecule has 0 amide bonds. The Kier molecular flexibility index (Phi) is 5.10. The largest absolute Gasteiger partial charge is 0.293 e. The summed E-state index contributed by atoms with van der Waals surface area (Å²) in [5.74, 6) is 0. The van der Waals surface area contributed by atoms with Crippen molar-refractivity contribution in [2.75, 3.05) is 12.5 Å². The molecule has 3 rings (SSSR count). The van der Waals surface area contributed by atoms with E-state index in [1.807, 2.05) is 0 Å². The average molecular weight is 427 g/mol. The van der Waals surface area contributed by atoms with Gasteiger partial charge in [-0.1, -0.05) is 0 Å². The third-order valence-corrected chi connectivity index (χ3v) is 6.92. The molecular formula is C18H26N4O4S2. The van der Waals surface area contributed by atoms with E-state index in [0.717, 1.165) is 16.5 Å². The highest BCUT2D eigenvalue weighted by Gasteiger charge is 2.23. The zero-order valence-corrected chi connectivity index (χ0v) is 18.5. The van der Waals surface area contributed by atoms with Gasteiger partial charge in [-0.2, -0.15) is 0 Å². The van der Waals surface area contributed by atoms with E-state index in [4.69, 9.17) is 0 Å². The number of hydrogen-bond acceptors (Lipinski definition) is 6. The SMILES string of the molecule is CC(C)N(Cc1cc2nc3ccn(S(C)(=O)=O)c3cc2n1S(C)(=O)=O)C(C)C. The lowest BCUT2D eigenvalue weighted by molar-refractivity contribution is 0.163. The number of fused-ring (bicyclic) bond motifs is 2. The van der Waals surface area contributed by atoms with Crippen LogP contribution in [0.2, 0.25) is 0 Å². The van der Waals surface area contributed by atoms with E-state index >= 15 is 0 Å². The monoisotopic (exact) mass is 426 g/mol. The maximum atomic E-state index is 12.6. The van der Waals surface area contributed by atoms with Crippen molar-refractivity contribution in [2.45, 2.75) is 46.3 Å². The Morgan fingerprint density at radius 1 is 0.929 bits per heavy atom. The molecule has 0 aliphatic carbocycles. The van der Waals surface area contributed by atoms with Crippen molar-refractivity contribution in [1.29, 1.82) is 0 Å². The first-order chi connectivity index (χ1) is 12.8. The summed E-state index contributed by atoms with van der Waals surface area (Å²) in [6.45, 7) is 8.70. The van der Waals surface area contributed by atoms with Gasteiger partial charge in [0.05, 0.1) is 40.3 Å². The van der Waals surface area contributed by atoms with Gasteiger partial charge in [-0.05, 0) is 45.9 Å². The molecule has 0 radical (unpaired) electrons. The van der Waals surface area contributed by atoms with Crippen LogP contribution in [0.15, 0.2) is 24.4 Å². The van der Waals surface area contributed by atoms with Crippen LogP contribution >= 0.6 is 0 Å². The molecule has 0 spiro atoms. The summed E-state index contributed by atoms with van der Waals surface area (Å²) in [4.78, 5) is 6.70. The normalized spacial score (nSPS) is 13.6. The molecule has 0 aliphatic rings. The van der Waals surface area contributed by atoms with Gasteiger partial charge in [-0.15, -0.1) is 0 Å². The van der Waals surface area contributed by atoms with E-state index in [1.54, 1.807) is 18.2 Å². The summed E-state index contributed by atoms with van der Waals surface area (Å²) >= 11 is 0. The molecule has 3 heterocycles. The van der Waals surface area contributed by atoms with E-state index in [1.165, 1.54) is 10.2 Å². The van der Waals surface area contributed by atoms with Crippen LogP contribution in [0.25, 0.3) is 22.1 Å². The Bertz CT molecular complexity index is 1240. The first-order valence-electron chi connectivity index (χ1n) is 9.00. The average Bonchev–Trinajstić information content (AvgIpc) is 3.08. The molecule has 154 valence electrons. The topological polar surface area (TPSA) is 94.3 Å². The highest BCUT2D eigenvalue weighted by atomic mass is 32.2. The number of hydrogen-bond donors (Lipinski definition) is 0. The van der Waals surface area contributed by atoms with E-state index in [2.05, 4.69) is 37.6 Å². The van der Waals surface area contributed by atoms with Crippen LogP contribution in [-0.2, 0) is 26.6 Å². The second kappa shape index (κ2) is 6.85. The molecule has 0 unspecified atom stereocenters. The zero-order chi connectivity index (χ0) is 21.0. The second-order valence-corrected chi connectivity index (χ2v) is 11.4. The van der Waals surface area contributed by atoms with Crippen molar-refractivity contribution >= 4 is 42.1 Å². The van der Waals surface area contributed by atoms with Gasteiger partial charge >= 0.3 is 0 Å². The smallest absolute Gasteiger partial charge is 0.236 e. The first-order valence-corrected chi connectivity index (χ1v) is 12.7. The highest BCUT2D eigenvalue weighted by molar-refractivity contribution is 7.89. The van der Waals surface area contributed by atoms with Gasteiger partial charge < -0.3 is 0 Å². The number of rotatable bonds is 6. The molecule has 0 saturated carbocycles. The Hall–Kier alpha value is -1.91. The van der Waals surface area contributed by atoms with Gasteiger partial charge in [-0.25, -0.2) is 29.8 Å². The Morgan fingerprint density at radius 2 is 1.54 bits per heavy atom. The summed E-state index contributed by atoms with van der Waals surface area (Å²) in [5.41, 5.74) is 2.35. The van der Waals surface area contributed by atoms with E-state index in [9.17, 15) is 16.8 Å². The Labute approximate surface area is 165 Å². The number of pyridine rings is 1. The van der Waals surface area contributed by atoms with Gasteiger partial charge in [0.15, 0.2) is 0 Å². The standard InChI is InChI=1S/C18H26N4O4S2/c1-12(2)20(13(3)4)11-14-9-16-18(22(14)28(6,25)26)10-17-15(19-16)7-8-21(17)27(5,23)24/h7-10,12-13H,11H2,1-6H3. The molecule has 8 nitrogen and oxygen atoms in total. The molecule has 0 aliphatic heterocycles. The Balaban J connectivity index is 2.32. The summed E-state index contributed by atoms with van der Waals surface area (Å²) < 4.78 is 51.6. The third kappa shape index (κ3) is 3.68. The van der Waals surface area contributed by atoms with Gasteiger partial charge in [0, 0.05) is 24.8 Å². The summed E-state index contributed by atoms with van der Waals surface area (Å²) in [6.07, 6.45) is 3.67. The fourth-order valence-electron chi connectivity index (χ4n) is 3.62. The predicted molar refractivity (Wildman–Crippen MR) is 112 cm³/mol. The molecule has 0 fully saturated rings. The lowest BCUT2D eigenvalue weighted by Crippen LogP contribution is -2.37. The molecule has 28 heavy (non-hydrogen) atoms. The van der Waals surface area contributed by atoms with Crippen LogP contribution in [0.1, 0.15) is 33.4 Å². The van der Waals surface area contributed by atoms with Crippen molar-refractivity contribution in [3.63, 3.8) is 0 Å².